The van der Waals surface area contributed by atoms with Gasteiger partial charge in [-0.05, 0) is 29.7 Å². The van der Waals surface area contributed by atoms with Crippen LogP contribution in [0.5, 0.6) is 0 Å². The molecule has 17 heavy (non-hydrogen) atoms. The standard InChI is InChI=1S/C14H14O2S/c1-10-7-12(8-15)17-14(10)13-6-4-3-5-11(13)9-16-2/h3-8H,9H2,1-2H3. The van der Waals surface area contributed by atoms with Crippen LogP contribution in [0.1, 0.15) is 20.8 Å². The van der Waals surface area contributed by atoms with Gasteiger partial charge in [-0.2, -0.15) is 0 Å². The Kier molecular flexibility index (Phi) is 3.71. The van der Waals surface area contributed by atoms with Gasteiger partial charge in [-0.3, -0.25) is 4.79 Å². The van der Waals surface area contributed by atoms with Crippen LogP contribution in [0.2, 0.25) is 0 Å². The van der Waals surface area contributed by atoms with E-state index in [0.29, 0.717) is 6.61 Å². The lowest BCUT2D eigenvalue weighted by Gasteiger charge is -2.07. The molecule has 0 bridgehead atoms. The van der Waals surface area contributed by atoms with Crippen LogP contribution < -0.4 is 0 Å². The molecule has 88 valence electrons. The fraction of sp³-hybridized carbons (Fsp3) is 0.214. The van der Waals surface area contributed by atoms with Crippen molar-refractivity contribution in [3.05, 3.63) is 46.3 Å². The highest BCUT2D eigenvalue weighted by atomic mass is 32.1. The summed E-state index contributed by atoms with van der Waals surface area (Å²) in [4.78, 5) is 12.7. The first-order valence-corrected chi connectivity index (χ1v) is 6.20. The number of hydrogen-bond donors (Lipinski definition) is 0. The summed E-state index contributed by atoms with van der Waals surface area (Å²) in [5, 5.41) is 0. The average Bonchev–Trinajstić information content (AvgIpc) is 2.72. The number of methoxy groups -OCH3 is 1. The molecule has 3 heteroatoms. The molecule has 0 N–H and O–H groups in total. The number of hydrogen-bond acceptors (Lipinski definition) is 3. The van der Waals surface area contributed by atoms with Crippen molar-refractivity contribution in [1.29, 1.82) is 0 Å². The molecule has 0 radical (unpaired) electrons. The van der Waals surface area contributed by atoms with E-state index in [1.165, 1.54) is 11.3 Å². The Hall–Kier alpha value is -1.45. The summed E-state index contributed by atoms with van der Waals surface area (Å²) in [6.45, 7) is 2.62. The summed E-state index contributed by atoms with van der Waals surface area (Å²) >= 11 is 1.53. The second-order valence-corrected chi connectivity index (χ2v) is 4.95. The van der Waals surface area contributed by atoms with E-state index in [2.05, 4.69) is 12.1 Å². The Balaban J connectivity index is 2.51. The smallest absolute Gasteiger partial charge is 0.160 e. The predicted octanol–water partition coefficient (Wildman–Crippen LogP) is 3.68. The molecule has 0 spiro atoms. The van der Waals surface area contributed by atoms with Crippen molar-refractivity contribution in [2.75, 3.05) is 7.11 Å². The third-order valence-electron chi connectivity index (χ3n) is 2.61. The minimum atomic E-state index is 0.587. The first-order valence-electron chi connectivity index (χ1n) is 5.39. The van der Waals surface area contributed by atoms with Crippen molar-refractivity contribution >= 4 is 17.6 Å². The van der Waals surface area contributed by atoms with Crippen molar-refractivity contribution in [3.8, 4) is 10.4 Å². The van der Waals surface area contributed by atoms with Gasteiger partial charge in [0, 0.05) is 12.0 Å². The van der Waals surface area contributed by atoms with Crippen LogP contribution in [-0.2, 0) is 11.3 Å². The molecule has 0 saturated heterocycles. The van der Waals surface area contributed by atoms with Crippen LogP contribution in [0.4, 0.5) is 0 Å². The Morgan fingerprint density at radius 2 is 2.12 bits per heavy atom. The molecule has 2 nitrogen and oxygen atoms in total. The molecule has 0 aliphatic heterocycles. The molecule has 0 amide bonds. The monoisotopic (exact) mass is 246 g/mol. The van der Waals surface area contributed by atoms with Gasteiger partial charge in [0.1, 0.15) is 0 Å². The molecule has 0 unspecified atom stereocenters. The molecule has 0 aliphatic carbocycles. The summed E-state index contributed by atoms with van der Waals surface area (Å²) in [7, 11) is 1.69. The highest BCUT2D eigenvalue weighted by Gasteiger charge is 2.10. The van der Waals surface area contributed by atoms with Gasteiger partial charge in [-0.15, -0.1) is 11.3 Å². The number of aryl methyl sites for hydroxylation is 1. The van der Waals surface area contributed by atoms with Crippen LogP contribution in [0.15, 0.2) is 30.3 Å². The van der Waals surface area contributed by atoms with E-state index in [-0.39, 0.29) is 0 Å². The van der Waals surface area contributed by atoms with Gasteiger partial charge in [0.05, 0.1) is 11.5 Å². The topological polar surface area (TPSA) is 26.3 Å². The number of carbonyl (C=O) groups is 1. The van der Waals surface area contributed by atoms with E-state index in [1.807, 2.05) is 25.1 Å². The highest BCUT2D eigenvalue weighted by Crippen LogP contribution is 2.34. The first-order chi connectivity index (χ1) is 8.26. The van der Waals surface area contributed by atoms with E-state index in [4.69, 9.17) is 4.74 Å². The Morgan fingerprint density at radius 3 is 2.76 bits per heavy atom. The third-order valence-corrected chi connectivity index (χ3v) is 3.81. The zero-order valence-electron chi connectivity index (χ0n) is 9.90. The minimum Gasteiger partial charge on any atom is -0.380 e. The number of carbonyl (C=O) groups excluding carboxylic acids is 1. The van der Waals surface area contributed by atoms with E-state index in [0.717, 1.165) is 32.7 Å². The van der Waals surface area contributed by atoms with Crippen LogP contribution in [0.3, 0.4) is 0 Å². The Morgan fingerprint density at radius 1 is 1.35 bits per heavy atom. The van der Waals surface area contributed by atoms with E-state index in [1.54, 1.807) is 7.11 Å². The molecule has 0 atom stereocenters. The number of rotatable bonds is 4. The minimum absolute atomic E-state index is 0.587. The van der Waals surface area contributed by atoms with Crippen molar-refractivity contribution in [1.82, 2.24) is 0 Å². The van der Waals surface area contributed by atoms with Crippen molar-refractivity contribution < 1.29 is 9.53 Å². The summed E-state index contributed by atoms with van der Waals surface area (Å²) in [5.41, 5.74) is 3.45. The molecule has 0 saturated carbocycles. The van der Waals surface area contributed by atoms with Gasteiger partial charge in [-0.1, -0.05) is 24.3 Å². The number of benzene rings is 1. The summed E-state index contributed by atoms with van der Waals surface area (Å²) in [6, 6.07) is 10.1. The molecule has 0 aliphatic rings. The fourth-order valence-corrected chi connectivity index (χ4v) is 2.90. The van der Waals surface area contributed by atoms with E-state index < -0.39 is 0 Å². The lowest BCUT2D eigenvalue weighted by molar-refractivity contribution is 0.112. The second kappa shape index (κ2) is 5.25. The SMILES string of the molecule is COCc1ccccc1-c1sc(C=O)cc1C. The maximum atomic E-state index is 10.8. The summed E-state index contributed by atoms with van der Waals surface area (Å²) in [5.74, 6) is 0. The number of aldehydes is 1. The molecule has 2 aromatic rings. The molecule has 1 heterocycles. The molecule has 0 fully saturated rings. The van der Waals surface area contributed by atoms with Gasteiger partial charge in [0.2, 0.25) is 0 Å². The largest absolute Gasteiger partial charge is 0.380 e. The predicted molar refractivity (Wildman–Crippen MR) is 70.6 cm³/mol. The quantitative estimate of drug-likeness (QED) is 0.769. The third kappa shape index (κ3) is 2.46. The van der Waals surface area contributed by atoms with Gasteiger partial charge in [-0.25, -0.2) is 0 Å². The second-order valence-electron chi connectivity index (χ2n) is 3.87. The van der Waals surface area contributed by atoms with Crippen molar-refractivity contribution in [2.24, 2.45) is 0 Å². The fourth-order valence-electron chi connectivity index (χ4n) is 1.86. The maximum absolute atomic E-state index is 10.8. The first kappa shape index (κ1) is 12.0. The van der Waals surface area contributed by atoms with Crippen molar-refractivity contribution in [2.45, 2.75) is 13.5 Å². The average molecular weight is 246 g/mol. The zero-order chi connectivity index (χ0) is 12.3. The maximum Gasteiger partial charge on any atom is 0.160 e. The lowest BCUT2D eigenvalue weighted by atomic mass is 10.0. The van der Waals surface area contributed by atoms with Gasteiger partial charge >= 0.3 is 0 Å². The van der Waals surface area contributed by atoms with Gasteiger partial charge < -0.3 is 4.74 Å². The van der Waals surface area contributed by atoms with Gasteiger partial charge in [0.15, 0.2) is 6.29 Å². The molecular formula is C14H14O2S. The van der Waals surface area contributed by atoms with E-state index >= 15 is 0 Å². The van der Waals surface area contributed by atoms with Gasteiger partial charge in [0.25, 0.3) is 0 Å². The molecule has 1 aromatic heterocycles. The zero-order valence-corrected chi connectivity index (χ0v) is 10.7. The van der Waals surface area contributed by atoms with Crippen LogP contribution >= 0.6 is 11.3 Å². The number of thiophene rings is 1. The summed E-state index contributed by atoms with van der Waals surface area (Å²) < 4.78 is 5.20. The van der Waals surface area contributed by atoms with Crippen LogP contribution in [0, 0.1) is 6.92 Å². The lowest BCUT2D eigenvalue weighted by Crippen LogP contribution is -1.91. The summed E-state index contributed by atoms with van der Waals surface area (Å²) in [6.07, 6.45) is 0.903. The van der Waals surface area contributed by atoms with Crippen LogP contribution in [-0.4, -0.2) is 13.4 Å². The Bertz CT molecular complexity index is 529. The van der Waals surface area contributed by atoms with E-state index in [9.17, 15) is 4.79 Å². The van der Waals surface area contributed by atoms with Crippen molar-refractivity contribution in [3.63, 3.8) is 0 Å². The normalized spacial score (nSPS) is 10.5. The molecule has 2 rings (SSSR count). The Labute approximate surface area is 105 Å². The highest BCUT2D eigenvalue weighted by molar-refractivity contribution is 7.17. The number of ether oxygens (including phenoxy) is 1. The van der Waals surface area contributed by atoms with Crippen LogP contribution in [0.25, 0.3) is 10.4 Å². The molecular weight excluding hydrogens is 232 g/mol. The molecule has 1 aromatic carbocycles.